The molecule has 3 nitrogen and oxygen atoms in total. The smallest absolute Gasteiger partial charge is 0.266 e. The van der Waals surface area contributed by atoms with Gasteiger partial charge in [0.05, 0.1) is 4.91 Å². The van der Waals surface area contributed by atoms with Crippen LogP contribution in [0.2, 0.25) is 5.02 Å². The molecular weight excluding hydrogens is 382 g/mol. The molecule has 0 atom stereocenters. The van der Waals surface area contributed by atoms with Crippen LogP contribution in [0.3, 0.4) is 0 Å². The highest BCUT2D eigenvalue weighted by Gasteiger charge is 2.30. The maximum absolute atomic E-state index is 12.2. The van der Waals surface area contributed by atoms with E-state index in [0.29, 0.717) is 21.5 Å². The third-order valence-corrected chi connectivity index (χ3v) is 5.97. The molecule has 7 heteroatoms. The van der Waals surface area contributed by atoms with Gasteiger partial charge in [0.2, 0.25) is 0 Å². The zero-order valence-corrected chi connectivity index (χ0v) is 16.0. The molecule has 0 bridgehead atoms. The number of hydrogen-bond acceptors (Lipinski definition) is 5. The molecule has 1 aromatic heterocycles. The van der Waals surface area contributed by atoms with Gasteiger partial charge in [0.25, 0.3) is 5.91 Å². The summed E-state index contributed by atoms with van der Waals surface area (Å²) in [6.45, 7) is 2.49. The number of thioether (sulfide) groups is 2. The lowest BCUT2D eigenvalue weighted by atomic mass is 10.2. The average Bonchev–Trinajstić information content (AvgIpc) is 3.12. The zero-order valence-electron chi connectivity index (χ0n) is 12.8. The monoisotopic (exact) mass is 395 g/mol. The predicted molar refractivity (Wildman–Crippen MR) is 105 cm³/mol. The first kappa shape index (κ1) is 17.6. The van der Waals surface area contributed by atoms with E-state index >= 15 is 0 Å². The van der Waals surface area contributed by atoms with E-state index in [9.17, 15) is 4.79 Å². The minimum atomic E-state index is -0.0562. The molecule has 2 aromatic rings. The maximum Gasteiger partial charge on any atom is 0.266 e. The lowest BCUT2D eigenvalue weighted by Crippen LogP contribution is -2.27. The van der Waals surface area contributed by atoms with Crippen molar-refractivity contribution in [1.82, 2.24) is 4.90 Å². The van der Waals surface area contributed by atoms with Crippen molar-refractivity contribution in [3.8, 4) is 0 Å². The van der Waals surface area contributed by atoms with Gasteiger partial charge in [-0.25, -0.2) is 0 Å². The van der Waals surface area contributed by atoms with Crippen LogP contribution >= 0.6 is 47.3 Å². The van der Waals surface area contributed by atoms with E-state index in [-0.39, 0.29) is 5.91 Å². The topological polar surface area (TPSA) is 33.5 Å². The molecule has 124 valence electrons. The minimum Gasteiger partial charge on any atom is -0.450 e. The average molecular weight is 396 g/mol. The number of carbonyl (C=O) groups excluding carboxylic acids is 1. The number of benzene rings is 1. The summed E-state index contributed by atoms with van der Waals surface area (Å²) in [5.74, 6) is 1.40. The van der Waals surface area contributed by atoms with Gasteiger partial charge in [-0.3, -0.25) is 9.69 Å². The number of furan rings is 1. The summed E-state index contributed by atoms with van der Waals surface area (Å²) in [6, 6.07) is 11.5. The largest absolute Gasteiger partial charge is 0.450 e. The molecule has 0 saturated carbocycles. The van der Waals surface area contributed by atoms with Crippen molar-refractivity contribution in [1.29, 1.82) is 0 Å². The summed E-state index contributed by atoms with van der Waals surface area (Å²) >= 11 is 14.0. The molecule has 1 aliphatic heterocycles. The van der Waals surface area contributed by atoms with Gasteiger partial charge in [0.1, 0.15) is 10.1 Å². The highest BCUT2D eigenvalue weighted by atomic mass is 35.5. The van der Waals surface area contributed by atoms with Crippen LogP contribution < -0.4 is 0 Å². The first-order valence-corrected chi connectivity index (χ1v) is 9.88. The van der Waals surface area contributed by atoms with E-state index < -0.39 is 0 Å². The Kier molecular flexibility index (Phi) is 5.71. The normalized spacial score (nSPS) is 16.4. The van der Waals surface area contributed by atoms with Crippen LogP contribution in [0.15, 0.2) is 50.8 Å². The van der Waals surface area contributed by atoms with Gasteiger partial charge in [0.15, 0.2) is 5.09 Å². The standard InChI is InChI=1S/C17H14ClNO2S3/c1-2-19-16(20)14(24-17(19)22)9-13-7-8-15(21-13)23-10-11-3-5-12(18)6-4-11/h3-9H,2,10H2,1H3. The van der Waals surface area contributed by atoms with Crippen molar-refractivity contribution in [2.24, 2.45) is 0 Å². The molecule has 1 fully saturated rings. The molecule has 3 rings (SSSR count). The molecule has 1 aliphatic rings. The fourth-order valence-electron chi connectivity index (χ4n) is 2.13. The van der Waals surface area contributed by atoms with Crippen LogP contribution in [0.1, 0.15) is 18.2 Å². The highest BCUT2D eigenvalue weighted by molar-refractivity contribution is 8.26. The van der Waals surface area contributed by atoms with Crippen molar-refractivity contribution in [3.63, 3.8) is 0 Å². The van der Waals surface area contributed by atoms with Crippen LogP contribution in [0.4, 0.5) is 0 Å². The Morgan fingerprint density at radius 1 is 1.29 bits per heavy atom. The number of amides is 1. The summed E-state index contributed by atoms with van der Waals surface area (Å²) in [4.78, 5) is 14.4. The fourth-order valence-corrected chi connectivity index (χ4v) is 4.44. The van der Waals surface area contributed by atoms with E-state index in [1.54, 1.807) is 22.7 Å². The van der Waals surface area contributed by atoms with Crippen molar-refractivity contribution in [2.75, 3.05) is 6.54 Å². The Morgan fingerprint density at radius 2 is 2.04 bits per heavy atom. The minimum absolute atomic E-state index is 0.0562. The molecule has 1 saturated heterocycles. The van der Waals surface area contributed by atoms with Crippen LogP contribution in [-0.2, 0) is 10.5 Å². The number of thiocarbonyl (C=S) groups is 1. The van der Waals surface area contributed by atoms with Gasteiger partial charge in [-0.15, -0.1) is 0 Å². The number of nitrogens with zero attached hydrogens (tertiary/aromatic N) is 1. The molecule has 24 heavy (non-hydrogen) atoms. The van der Waals surface area contributed by atoms with E-state index in [4.69, 9.17) is 28.2 Å². The maximum atomic E-state index is 12.2. The van der Waals surface area contributed by atoms with Crippen molar-refractivity contribution >= 4 is 63.6 Å². The Labute approximate surface area is 159 Å². The third-order valence-electron chi connectivity index (χ3n) is 3.36. The summed E-state index contributed by atoms with van der Waals surface area (Å²) in [7, 11) is 0. The number of hydrogen-bond donors (Lipinski definition) is 0. The lowest BCUT2D eigenvalue weighted by molar-refractivity contribution is -0.121. The number of carbonyl (C=O) groups is 1. The van der Waals surface area contributed by atoms with E-state index in [1.165, 1.54) is 17.3 Å². The summed E-state index contributed by atoms with van der Waals surface area (Å²) in [5, 5.41) is 1.54. The van der Waals surface area contributed by atoms with Crippen molar-refractivity contribution in [3.05, 3.63) is 57.6 Å². The van der Waals surface area contributed by atoms with Gasteiger partial charge in [0, 0.05) is 23.4 Å². The van der Waals surface area contributed by atoms with E-state index in [1.807, 2.05) is 43.3 Å². The van der Waals surface area contributed by atoms with Crippen LogP contribution in [0.5, 0.6) is 0 Å². The first-order valence-electron chi connectivity index (χ1n) is 7.29. The van der Waals surface area contributed by atoms with Crippen LogP contribution in [0, 0.1) is 0 Å². The van der Waals surface area contributed by atoms with Crippen LogP contribution in [0.25, 0.3) is 6.08 Å². The van der Waals surface area contributed by atoms with Gasteiger partial charge in [-0.1, -0.05) is 59.5 Å². The second-order valence-electron chi connectivity index (χ2n) is 5.00. The fraction of sp³-hybridized carbons (Fsp3) is 0.176. The molecular formula is C17H14ClNO2S3. The second-order valence-corrected chi connectivity index (χ2v) is 8.09. The van der Waals surface area contributed by atoms with E-state index in [0.717, 1.165) is 15.9 Å². The predicted octanol–water partition coefficient (Wildman–Crippen LogP) is 5.45. The Morgan fingerprint density at radius 3 is 2.71 bits per heavy atom. The Balaban J connectivity index is 1.65. The number of halogens is 1. The van der Waals surface area contributed by atoms with Gasteiger partial charge in [-0.2, -0.15) is 0 Å². The molecule has 0 radical (unpaired) electrons. The second kappa shape index (κ2) is 7.78. The SMILES string of the molecule is CCN1C(=O)C(=Cc2ccc(SCc3ccc(Cl)cc3)o2)SC1=S. The molecule has 0 unspecified atom stereocenters. The first-order chi connectivity index (χ1) is 11.6. The highest BCUT2D eigenvalue weighted by Crippen LogP contribution is 2.33. The third kappa shape index (κ3) is 4.06. The molecule has 0 spiro atoms. The van der Waals surface area contributed by atoms with Gasteiger partial charge in [-0.05, 0) is 36.8 Å². The Bertz CT molecular complexity index is 798. The van der Waals surface area contributed by atoms with E-state index in [2.05, 4.69) is 0 Å². The zero-order chi connectivity index (χ0) is 17.1. The summed E-state index contributed by atoms with van der Waals surface area (Å²) in [6.07, 6.45) is 1.75. The van der Waals surface area contributed by atoms with Crippen molar-refractivity contribution in [2.45, 2.75) is 17.8 Å². The molecule has 2 heterocycles. The molecule has 1 amide bonds. The molecule has 1 aromatic carbocycles. The van der Waals surface area contributed by atoms with Crippen LogP contribution in [-0.4, -0.2) is 21.7 Å². The van der Waals surface area contributed by atoms with Crippen molar-refractivity contribution < 1.29 is 9.21 Å². The van der Waals surface area contributed by atoms with Gasteiger partial charge >= 0.3 is 0 Å². The quantitative estimate of drug-likeness (QED) is 0.382. The Hall–Kier alpha value is -1.21. The summed E-state index contributed by atoms with van der Waals surface area (Å²) in [5.41, 5.74) is 1.17. The number of likely N-dealkylation sites (N-methyl/N-ethyl adjacent to an activating group) is 1. The summed E-state index contributed by atoms with van der Waals surface area (Å²) < 4.78 is 6.37. The molecule has 0 N–H and O–H groups in total. The molecule has 0 aliphatic carbocycles. The van der Waals surface area contributed by atoms with Gasteiger partial charge < -0.3 is 4.42 Å². The number of rotatable bonds is 5. The lowest BCUT2D eigenvalue weighted by Gasteiger charge is -2.09.